The number of nitriles is 1. The molecule has 7 heteroatoms. The highest BCUT2D eigenvalue weighted by Crippen LogP contribution is 2.29. The Balaban J connectivity index is 1.57. The number of hydrogen-bond donors (Lipinski definition) is 1. The lowest BCUT2D eigenvalue weighted by Crippen LogP contribution is -2.43. The van der Waals surface area contributed by atoms with Crippen LogP contribution in [0.3, 0.4) is 0 Å². The first kappa shape index (κ1) is 23.0. The number of benzene rings is 1. The average molecular weight is 443 g/mol. The molecule has 5 nitrogen and oxygen atoms in total. The zero-order chi connectivity index (χ0) is 22.8. The molecule has 1 heterocycles. The zero-order valence-corrected chi connectivity index (χ0v) is 19.1. The monoisotopic (exact) mass is 442 g/mol. The Bertz CT molecular complexity index is 1000. The van der Waals surface area contributed by atoms with E-state index in [2.05, 4.69) is 21.3 Å². The Hall–Kier alpha value is -2.65. The van der Waals surface area contributed by atoms with Crippen molar-refractivity contribution in [1.82, 2.24) is 10.3 Å². The van der Waals surface area contributed by atoms with Gasteiger partial charge in [0.2, 0.25) is 0 Å². The third-order valence-electron chi connectivity index (χ3n) is 5.87. The maximum atomic E-state index is 14.4. The lowest BCUT2D eigenvalue weighted by Gasteiger charge is -2.36. The summed E-state index contributed by atoms with van der Waals surface area (Å²) in [6.45, 7) is 5.67. The van der Waals surface area contributed by atoms with Crippen LogP contribution in [0.5, 0.6) is 0 Å². The minimum atomic E-state index is -0.452. The van der Waals surface area contributed by atoms with Gasteiger partial charge in [0, 0.05) is 36.4 Å². The van der Waals surface area contributed by atoms with Crippen molar-refractivity contribution in [3.8, 4) is 6.07 Å². The first-order valence-corrected chi connectivity index (χ1v) is 10.9. The fourth-order valence-electron chi connectivity index (χ4n) is 4.02. The largest absolute Gasteiger partial charge is 0.372 e. The van der Waals surface area contributed by atoms with Gasteiger partial charge in [-0.15, -0.1) is 0 Å². The van der Waals surface area contributed by atoms with Crippen LogP contribution in [0.1, 0.15) is 68.1 Å². The van der Waals surface area contributed by atoms with Crippen molar-refractivity contribution >= 4 is 23.2 Å². The maximum absolute atomic E-state index is 14.4. The van der Waals surface area contributed by atoms with E-state index in [1.807, 2.05) is 40.0 Å². The van der Waals surface area contributed by atoms with Crippen LogP contribution in [0.25, 0.3) is 0 Å². The topological polar surface area (TPSA) is 69.0 Å². The summed E-state index contributed by atoms with van der Waals surface area (Å²) in [6.07, 6.45) is 4.94. The van der Waals surface area contributed by atoms with E-state index in [1.54, 1.807) is 6.07 Å². The number of pyridine rings is 1. The number of carbonyl (C=O) groups excluding carboxylic acids is 1. The quantitative estimate of drug-likeness (QED) is 0.704. The minimum Gasteiger partial charge on any atom is -0.372 e. The van der Waals surface area contributed by atoms with E-state index in [4.69, 9.17) is 16.9 Å². The van der Waals surface area contributed by atoms with Crippen molar-refractivity contribution < 1.29 is 9.18 Å². The molecule has 0 unspecified atom stereocenters. The second-order valence-electron chi connectivity index (χ2n) is 9.17. The molecule has 1 aliphatic carbocycles. The van der Waals surface area contributed by atoms with Gasteiger partial charge in [0.1, 0.15) is 11.9 Å². The number of anilines is 1. The predicted octanol–water partition coefficient (Wildman–Crippen LogP) is 5.22. The summed E-state index contributed by atoms with van der Waals surface area (Å²) in [5, 5.41) is 12.5. The molecule has 1 N–H and O–H groups in total. The highest BCUT2D eigenvalue weighted by atomic mass is 35.5. The Kier molecular flexibility index (Phi) is 6.86. The predicted molar refractivity (Wildman–Crippen MR) is 121 cm³/mol. The van der Waals surface area contributed by atoms with Gasteiger partial charge in [-0.05, 0) is 49.9 Å². The van der Waals surface area contributed by atoms with Crippen molar-refractivity contribution in [3.05, 3.63) is 58.1 Å². The van der Waals surface area contributed by atoms with E-state index >= 15 is 0 Å². The SMILES string of the molecule is CN(c1ccc(C#N)c(Cl)c1)C1CCC(NC(=O)c2cnc(C(C)(C)C)c(F)c2)CC1. The summed E-state index contributed by atoms with van der Waals surface area (Å²) in [4.78, 5) is 18.9. The van der Waals surface area contributed by atoms with Gasteiger partial charge in [0.05, 0.1) is 21.8 Å². The van der Waals surface area contributed by atoms with Gasteiger partial charge in [-0.3, -0.25) is 9.78 Å². The Labute approximate surface area is 188 Å². The van der Waals surface area contributed by atoms with Crippen molar-refractivity contribution in [1.29, 1.82) is 5.26 Å². The van der Waals surface area contributed by atoms with Crippen molar-refractivity contribution in [2.24, 2.45) is 0 Å². The van der Waals surface area contributed by atoms with Crippen molar-refractivity contribution in [2.75, 3.05) is 11.9 Å². The molecule has 0 saturated heterocycles. The second kappa shape index (κ2) is 9.23. The van der Waals surface area contributed by atoms with Crippen molar-refractivity contribution in [2.45, 2.75) is 64.0 Å². The summed E-state index contributed by atoms with van der Waals surface area (Å²) in [6, 6.07) is 9.17. The Morgan fingerprint density at radius 3 is 2.48 bits per heavy atom. The summed E-state index contributed by atoms with van der Waals surface area (Å²) in [5.41, 5.74) is 1.62. The van der Waals surface area contributed by atoms with Gasteiger partial charge < -0.3 is 10.2 Å². The number of hydrogen-bond acceptors (Lipinski definition) is 4. The van der Waals surface area contributed by atoms with Gasteiger partial charge in [-0.25, -0.2) is 4.39 Å². The summed E-state index contributed by atoms with van der Waals surface area (Å²) in [5.74, 6) is -0.742. The molecule has 0 bridgehead atoms. The summed E-state index contributed by atoms with van der Waals surface area (Å²) in [7, 11) is 2.02. The van der Waals surface area contributed by atoms with E-state index < -0.39 is 11.2 Å². The van der Waals surface area contributed by atoms with Crippen LogP contribution in [0.15, 0.2) is 30.5 Å². The minimum absolute atomic E-state index is 0.0482. The van der Waals surface area contributed by atoms with Crippen LogP contribution < -0.4 is 10.2 Å². The number of amides is 1. The fourth-order valence-corrected chi connectivity index (χ4v) is 4.23. The molecule has 1 aromatic heterocycles. The number of aromatic nitrogens is 1. The molecule has 1 aromatic carbocycles. The van der Waals surface area contributed by atoms with Crippen LogP contribution >= 0.6 is 11.6 Å². The standard InChI is InChI=1S/C24H28ClFN4O/c1-24(2,3)22-21(26)11-16(14-28-22)23(31)29-17-6-9-18(10-7-17)30(4)19-8-5-15(13-27)20(25)12-19/h5,8,11-12,14,17-18H,6-7,9-10H2,1-4H3,(H,29,31). The van der Waals surface area contributed by atoms with E-state index in [0.29, 0.717) is 22.3 Å². The van der Waals surface area contributed by atoms with Crippen LogP contribution in [0.4, 0.5) is 10.1 Å². The lowest BCUT2D eigenvalue weighted by molar-refractivity contribution is 0.0924. The number of nitrogens with zero attached hydrogens (tertiary/aromatic N) is 3. The molecule has 31 heavy (non-hydrogen) atoms. The molecule has 1 fully saturated rings. The molecule has 0 atom stereocenters. The third-order valence-corrected chi connectivity index (χ3v) is 6.19. The van der Waals surface area contributed by atoms with Crippen molar-refractivity contribution in [3.63, 3.8) is 0 Å². The number of rotatable bonds is 4. The van der Waals surface area contributed by atoms with Crippen LogP contribution in [-0.2, 0) is 5.41 Å². The van der Waals surface area contributed by atoms with Gasteiger partial charge in [-0.1, -0.05) is 32.4 Å². The smallest absolute Gasteiger partial charge is 0.253 e. The molecule has 0 radical (unpaired) electrons. The van der Waals surface area contributed by atoms with Gasteiger partial charge >= 0.3 is 0 Å². The molecular formula is C24H28ClFN4O. The fraction of sp³-hybridized carbons (Fsp3) is 0.458. The molecule has 0 aliphatic heterocycles. The van der Waals surface area contributed by atoms with Crippen LogP contribution in [-0.4, -0.2) is 30.0 Å². The summed E-state index contributed by atoms with van der Waals surface area (Å²) < 4.78 is 14.4. The number of nitrogens with one attached hydrogen (secondary N) is 1. The highest BCUT2D eigenvalue weighted by Gasteiger charge is 2.27. The Morgan fingerprint density at radius 2 is 1.94 bits per heavy atom. The van der Waals surface area contributed by atoms with Gasteiger partial charge in [0.25, 0.3) is 5.91 Å². The lowest BCUT2D eigenvalue weighted by atomic mass is 9.89. The van der Waals surface area contributed by atoms with Gasteiger partial charge in [0.15, 0.2) is 0 Å². The molecular weight excluding hydrogens is 415 g/mol. The molecule has 1 saturated carbocycles. The normalized spacial score (nSPS) is 18.9. The molecule has 164 valence electrons. The molecule has 2 aromatic rings. The molecule has 3 rings (SSSR count). The first-order chi connectivity index (χ1) is 14.6. The summed E-state index contributed by atoms with van der Waals surface area (Å²) >= 11 is 6.17. The van der Waals surface area contributed by atoms with E-state index in [1.165, 1.54) is 12.3 Å². The second-order valence-corrected chi connectivity index (χ2v) is 9.58. The number of halogens is 2. The van der Waals surface area contributed by atoms with Gasteiger partial charge in [-0.2, -0.15) is 5.26 Å². The first-order valence-electron chi connectivity index (χ1n) is 10.5. The van der Waals surface area contributed by atoms with E-state index in [-0.39, 0.29) is 17.5 Å². The van der Waals surface area contributed by atoms with E-state index in [9.17, 15) is 9.18 Å². The zero-order valence-electron chi connectivity index (χ0n) is 18.4. The highest BCUT2D eigenvalue weighted by molar-refractivity contribution is 6.32. The number of carbonyl (C=O) groups is 1. The maximum Gasteiger partial charge on any atom is 0.253 e. The molecule has 0 spiro atoms. The molecule has 1 aliphatic rings. The van der Waals surface area contributed by atoms with Crippen LogP contribution in [0.2, 0.25) is 5.02 Å². The van der Waals surface area contributed by atoms with Crippen LogP contribution in [0, 0.1) is 17.1 Å². The van der Waals surface area contributed by atoms with E-state index in [0.717, 1.165) is 31.4 Å². The third kappa shape index (κ3) is 5.34. The average Bonchev–Trinajstić information content (AvgIpc) is 2.72. The molecule has 1 amide bonds. The Morgan fingerprint density at radius 1 is 1.26 bits per heavy atom.